The third-order valence-electron chi connectivity index (χ3n) is 5.89. The van der Waals surface area contributed by atoms with E-state index in [1.807, 2.05) is 28.8 Å². The number of ether oxygens (including phenoxy) is 1. The highest BCUT2D eigenvalue weighted by atomic mass is 32.1. The van der Waals surface area contributed by atoms with Crippen molar-refractivity contribution in [2.24, 2.45) is 5.92 Å². The Morgan fingerprint density at radius 1 is 1.20 bits per heavy atom. The zero-order valence-corrected chi connectivity index (χ0v) is 18.4. The summed E-state index contributed by atoms with van der Waals surface area (Å²) in [6, 6.07) is 8.42. The Hall–Kier alpha value is -2.25. The lowest BCUT2D eigenvalue weighted by molar-refractivity contribution is -0.138. The molecule has 1 fully saturated rings. The average Bonchev–Trinajstić information content (AvgIpc) is 3.26. The highest BCUT2D eigenvalue weighted by molar-refractivity contribution is 7.08. The minimum Gasteiger partial charge on any atom is -0.375 e. The summed E-state index contributed by atoms with van der Waals surface area (Å²) in [4.78, 5) is 28.8. The number of hydrogen-bond donors (Lipinski definition) is 0. The first kappa shape index (κ1) is 22.4. The molecule has 0 bridgehead atoms. The van der Waals surface area contributed by atoms with Gasteiger partial charge in [0, 0.05) is 33.3 Å². The van der Waals surface area contributed by atoms with E-state index in [9.17, 15) is 14.0 Å². The highest BCUT2D eigenvalue weighted by Gasteiger charge is 2.32. The van der Waals surface area contributed by atoms with E-state index in [1.54, 1.807) is 28.4 Å². The average molecular weight is 433 g/mol. The molecule has 1 aromatic carbocycles. The molecule has 2 heterocycles. The van der Waals surface area contributed by atoms with Gasteiger partial charge in [0.25, 0.3) is 0 Å². The van der Waals surface area contributed by atoms with Crippen molar-refractivity contribution in [3.8, 4) is 0 Å². The predicted octanol–water partition coefficient (Wildman–Crippen LogP) is 3.38. The summed E-state index contributed by atoms with van der Waals surface area (Å²) in [5.41, 5.74) is 2.06. The molecule has 0 saturated carbocycles. The maximum atomic E-state index is 13.3. The molecule has 5 nitrogen and oxygen atoms in total. The third kappa shape index (κ3) is 5.89. The topological polar surface area (TPSA) is 49.9 Å². The minimum absolute atomic E-state index is 0.0211. The molecule has 1 unspecified atom stereocenters. The van der Waals surface area contributed by atoms with Crippen LogP contribution in [0.15, 0.2) is 41.1 Å². The van der Waals surface area contributed by atoms with E-state index in [1.165, 1.54) is 19.2 Å². The summed E-state index contributed by atoms with van der Waals surface area (Å²) in [6.45, 7) is 1.42. The van der Waals surface area contributed by atoms with Gasteiger partial charge in [-0.1, -0.05) is 12.1 Å². The van der Waals surface area contributed by atoms with Crippen molar-refractivity contribution in [3.05, 3.63) is 58.0 Å². The first-order valence-electron chi connectivity index (χ1n) is 10.3. The number of thiophene rings is 1. The molecule has 0 N–H and O–H groups in total. The second-order valence-corrected chi connectivity index (χ2v) is 8.64. The van der Waals surface area contributed by atoms with Crippen molar-refractivity contribution in [1.29, 1.82) is 0 Å². The van der Waals surface area contributed by atoms with Crippen LogP contribution in [0.3, 0.4) is 0 Å². The number of carbonyl (C=O) groups is 2. The van der Waals surface area contributed by atoms with E-state index in [4.69, 9.17) is 4.74 Å². The van der Waals surface area contributed by atoms with Gasteiger partial charge in [0.2, 0.25) is 11.8 Å². The van der Waals surface area contributed by atoms with Gasteiger partial charge in [-0.3, -0.25) is 9.59 Å². The van der Waals surface area contributed by atoms with Crippen LogP contribution in [-0.4, -0.2) is 61.5 Å². The molecule has 0 radical (unpaired) electrons. The van der Waals surface area contributed by atoms with E-state index >= 15 is 0 Å². The molecule has 2 amide bonds. The van der Waals surface area contributed by atoms with Gasteiger partial charge in [0.05, 0.1) is 6.42 Å². The quantitative estimate of drug-likeness (QED) is 0.643. The van der Waals surface area contributed by atoms with Gasteiger partial charge in [-0.15, -0.1) is 0 Å². The fourth-order valence-corrected chi connectivity index (χ4v) is 4.77. The van der Waals surface area contributed by atoms with E-state index < -0.39 is 0 Å². The van der Waals surface area contributed by atoms with Gasteiger partial charge in [-0.05, 0) is 65.3 Å². The number of halogens is 1. The lowest BCUT2D eigenvalue weighted by Crippen LogP contribution is -2.49. The number of nitrogens with zero attached hydrogens (tertiary/aromatic N) is 2. The summed E-state index contributed by atoms with van der Waals surface area (Å²) < 4.78 is 18.3. The summed E-state index contributed by atoms with van der Waals surface area (Å²) >= 11 is 1.60. The molecule has 1 aliphatic heterocycles. The second-order valence-electron chi connectivity index (χ2n) is 7.86. The van der Waals surface area contributed by atoms with Gasteiger partial charge in [-0.2, -0.15) is 11.3 Å². The molecule has 1 aromatic heterocycles. The third-order valence-corrected chi connectivity index (χ3v) is 6.62. The fourth-order valence-electron chi connectivity index (χ4n) is 4.11. The van der Waals surface area contributed by atoms with Crippen LogP contribution in [0, 0.1) is 11.7 Å². The molecule has 2 aromatic rings. The molecule has 0 aliphatic carbocycles. The van der Waals surface area contributed by atoms with Crippen LogP contribution in [0.25, 0.3) is 0 Å². The van der Waals surface area contributed by atoms with E-state index in [0.29, 0.717) is 25.9 Å². The summed E-state index contributed by atoms with van der Waals surface area (Å²) in [5.74, 6) is 0.0916. The fraction of sp³-hybridized carbons (Fsp3) is 0.478. The van der Waals surface area contributed by atoms with Crippen LogP contribution in [0.2, 0.25) is 0 Å². The van der Waals surface area contributed by atoms with Crippen LogP contribution in [-0.2, 0) is 27.2 Å². The minimum atomic E-state index is -0.267. The summed E-state index contributed by atoms with van der Waals surface area (Å²) in [7, 11) is 3.32. The van der Waals surface area contributed by atoms with Crippen molar-refractivity contribution in [3.63, 3.8) is 0 Å². The van der Waals surface area contributed by atoms with Crippen molar-refractivity contribution in [2.45, 2.75) is 31.7 Å². The zero-order chi connectivity index (χ0) is 21.5. The van der Waals surface area contributed by atoms with Crippen molar-refractivity contribution in [2.75, 3.05) is 33.9 Å². The van der Waals surface area contributed by atoms with Crippen molar-refractivity contribution in [1.82, 2.24) is 9.80 Å². The van der Waals surface area contributed by atoms with E-state index in [0.717, 1.165) is 24.0 Å². The number of methoxy groups -OCH3 is 1. The van der Waals surface area contributed by atoms with Crippen LogP contribution < -0.4 is 0 Å². The van der Waals surface area contributed by atoms with E-state index in [2.05, 4.69) is 0 Å². The number of rotatable bonds is 8. The normalized spacial score (nSPS) is 15.8. The van der Waals surface area contributed by atoms with Crippen LogP contribution >= 0.6 is 11.3 Å². The Kier molecular flexibility index (Phi) is 7.99. The molecule has 30 heavy (non-hydrogen) atoms. The van der Waals surface area contributed by atoms with Gasteiger partial charge >= 0.3 is 0 Å². The Bertz CT molecular complexity index is 817. The number of piperidine rings is 1. The van der Waals surface area contributed by atoms with Crippen LogP contribution in [0.1, 0.15) is 24.0 Å². The maximum absolute atomic E-state index is 13.3. The standard InChI is InChI=1S/C23H29FN2O3S/c1-25(23(28)15-29-2)21(13-17-3-5-20(24)6-4-17)19-7-10-26(11-8-19)22(27)14-18-9-12-30-16-18/h3-6,9,12,16,19,21H,7-8,10-11,13-15H2,1-2H3. The van der Waals surface area contributed by atoms with Gasteiger partial charge < -0.3 is 14.5 Å². The number of likely N-dealkylation sites (tertiary alicyclic amines) is 1. The Morgan fingerprint density at radius 2 is 1.90 bits per heavy atom. The number of carbonyl (C=O) groups excluding carboxylic acids is 2. The lowest BCUT2D eigenvalue weighted by Gasteiger charge is -2.40. The Labute approximate surface area is 181 Å². The predicted molar refractivity (Wildman–Crippen MR) is 116 cm³/mol. The SMILES string of the molecule is COCC(=O)N(C)C(Cc1ccc(F)cc1)C1CCN(C(=O)Cc2ccsc2)CC1. The number of benzene rings is 1. The van der Waals surface area contributed by atoms with Crippen LogP contribution in [0.4, 0.5) is 4.39 Å². The second kappa shape index (κ2) is 10.7. The van der Waals surface area contributed by atoms with E-state index in [-0.39, 0.29) is 36.2 Å². The molecule has 1 atom stereocenters. The lowest BCUT2D eigenvalue weighted by atomic mass is 9.84. The summed E-state index contributed by atoms with van der Waals surface area (Å²) in [6.07, 6.45) is 2.77. The van der Waals surface area contributed by atoms with Gasteiger partial charge in [0.15, 0.2) is 0 Å². The molecular formula is C23H29FN2O3S. The van der Waals surface area contributed by atoms with Crippen LogP contribution in [0.5, 0.6) is 0 Å². The molecule has 0 spiro atoms. The first-order chi connectivity index (χ1) is 14.5. The molecule has 162 valence electrons. The number of amides is 2. The molecular weight excluding hydrogens is 403 g/mol. The Balaban J connectivity index is 1.65. The largest absolute Gasteiger partial charge is 0.375 e. The maximum Gasteiger partial charge on any atom is 0.248 e. The van der Waals surface area contributed by atoms with Gasteiger partial charge in [-0.25, -0.2) is 4.39 Å². The first-order valence-corrected chi connectivity index (χ1v) is 11.2. The molecule has 1 aliphatic rings. The number of hydrogen-bond acceptors (Lipinski definition) is 4. The monoisotopic (exact) mass is 432 g/mol. The molecule has 1 saturated heterocycles. The molecule has 7 heteroatoms. The summed E-state index contributed by atoms with van der Waals surface area (Å²) in [5, 5.41) is 4.00. The van der Waals surface area contributed by atoms with Crippen molar-refractivity contribution >= 4 is 23.2 Å². The zero-order valence-electron chi connectivity index (χ0n) is 17.6. The highest BCUT2D eigenvalue weighted by Crippen LogP contribution is 2.27. The smallest absolute Gasteiger partial charge is 0.248 e. The number of likely N-dealkylation sites (N-methyl/N-ethyl adjacent to an activating group) is 1. The van der Waals surface area contributed by atoms with Gasteiger partial charge in [0.1, 0.15) is 12.4 Å². The Morgan fingerprint density at radius 3 is 2.50 bits per heavy atom. The molecule has 3 rings (SSSR count). The van der Waals surface area contributed by atoms with Crippen molar-refractivity contribution < 1.29 is 18.7 Å².